The second-order valence-electron chi connectivity index (χ2n) is 6.71. The number of rotatable bonds is 7. The van der Waals surface area contributed by atoms with Crippen molar-refractivity contribution in [2.45, 2.75) is 32.9 Å². The molecule has 0 radical (unpaired) electrons. The minimum Gasteiger partial charge on any atom is -0.478 e. The van der Waals surface area contributed by atoms with Crippen LogP contribution >= 0.6 is 0 Å². The van der Waals surface area contributed by atoms with E-state index in [2.05, 4.69) is 0 Å². The monoisotopic (exact) mass is 458 g/mol. The second kappa shape index (κ2) is 9.34. The number of carbonyl (C=O) groups is 4. The maximum atomic E-state index is 12.6. The van der Waals surface area contributed by atoms with Gasteiger partial charge in [-0.2, -0.15) is 0 Å². The molecule has 0 saturated heterocycles. The van der Waals surface area contributed by atoms with E-state index in [1.807, 2.05) is 0 Å². The van der Waals surface area contributed by atoms with Gasteiger partial charge in [0.2, 0.25) is 0 Å². The molecule has 0 saturated carbocycles. The number of ether oxygens (including phenoxy) is 2. The first-order valence-corrected chi connectivity index (χ1v) is 9.74. The largest absolute Gasteiger partial charge is 0.478 e. The summed E-state index contributed by atoms with van der Waals surface area (Å²) in [6.07, 6.45) is -2.10. The maximum absolute atomic E-state index is 12.6. The molecule has 1 atom stereocenters. The number of non-ortho nitro benzene ring substituents is 1. The first-order valence-electron chi connectivity index (χ1n) is 9.74. The van der Waals surface area contributed by atoms with Crippen LogP contribution in [0.25, 0.3) is 11.1 Å². The van der Waals surface area contributed by atoms with Crippen LogP contribution in [0.1, 0.15) is 37.0 Å². The molecule has 0 aromatic heterocycles. The van der Waals surface area contributed by atoms with Crippen molar-refractivity contribution in [3.05, 3.63) is 52.1 Å². The van der Waals surface area contributed by atoms with Crippen LogP contribution in [0.3, 0.4) is 0 Å². The third-order valence-corrected chi connectivity index (χ3v) is 4.58. The number of hydrogen-bond donors (Lipinski definition) is 1. The van der Waals surface area contributed by atoms with Crippen LogP contribution in [0.15, 0.2) is 36.4 Å². The van der Waals surface area contributed by atoms with Gasteiger partial charge in [0.1, 0.15) is 5.69 Å². The molecular weight excluding hydrogens is 440 g/mol. The summed E-state index contributed by atoms with van der Waals surface area (Å²) < 4.78 is 10.3. The molecule has 1 heterocycles. The summed E-state index contributed by atoms with van der Waals surface area (Å²) in [5.74, 6) is -4.32. The number of carboxylic acids is 1. The third kappa shape index (κ3) is 4.59. The van der Waals surface area contributed by atoms with Crippen molar-refractivity contribution >= 4 is 35.3 Å². The van der Waals surface area contributed by atoms with Gasteiger partial charge in [0.25, 0.3) is 5.69 Å². The van der Waals surface area contributed by atoms with Gasteiger partial charge < -0.3 is 19.4 Å². The van der Waals surface area contributed by atoms with Crippen LogP contribution in [0.5, 0.6) is 5.75 Å². The molecule has 0 spiro atoms. The summed E-state index contributed by atoms with van der Waals surface area (Å²) in [6.45, 7) is 2.96. The van der Waals surface area contributed by atoms with E-state index >= 15 is 0 Å². The molecule has 2 aromatic carbocycles. The van der Waals surface area contributed by atoms with Crippen LogP contribution in [0.2, 0.25) is 0 Å². The Hall–Kier alpha value is -4.48. The Balaban J connectivity index is 2.32. The predicted octanol–water partition coefficient (Wildman–Crippen LogP) is 2.83. The molecule has 3 rings (SSSR count). The zero-order valence-electron chi connectivity index (χ0n) is 17.5. The molecule has 0 bridgehead atoms. The predicted molar refractivity (Wildman–Crippen MR) is 110 cm³/mol. The quantitative estimate of drug-likeness (QED) is 0.281. The van der Waals surface area contributed by atoms with E-state index in [1.54, 1.807) is 0 Å². The molecular formula is C21H18N2O10. The molecule has 1 aliphatic heterocycles. The molecule has 12 nitrogen and oxygen atoms in total. The normalized spacial score (nSPS) is 14.7. The lowest BCUT2D eigenvalue weighted by Gasteiger charge is -2.35. The maximum Gasteiger partial charge on any atom is 0.377 e. The summed E-state index contributed by atoms with van der Waals surface area (Å²) >= 11 is 0. The van der Waals surface area contributed by atoms with Crippen LogP contribution < -0.4 is 9.80 Å². The van der Waals surface area contributed by atoms with Crippen LogP contribution in [-0.4, -0.2) is 40.1 Å². The first-order chi connectivity index (χ1) is 15.7. The Morgan fingerprint density at radius 3 is 2.45 bits per heavy atom. The fraction of sp³-hybridized carbons (Fsp3) is 0.238. The summed E-state index contributed by atoms with van der Waals surface area (Å²) in [5.41, 5.74) is -0.955. The van der Waals surface area contributed by atoms with Crippen LogP contribution in [0.4, 0.5) is 11.4 Å². The number of nitro benzene ring substituents is 1. The molecule has 172 valence electrons. The van der Waals surface area contributed by atoms with E-state index in [0.717, 1.165) is 12.1 Å². The number of carboxylic acid groups (broad SMARTS) is 1. The highest BCUT2D eigenvalue weighted by Gasteiger charge is 2.43. The van der Waals surface area contributed by atoms with Crippen molar-refractivity contribution in [1.29, 1.82) is 0 Å². The van der Waals surface area contributed by atoms with Gasteiger partial charge >= 0.3 is 30.1 Å². The second-order valence-corrected chi connectivity index (χ2v) is 6.71. The standard InChI is InChI=1S/C21H18N2O10/c1-3-15(24)32-19-21(28)31-14-9-8-13(20(26)27)17(18(14)22(19)33-16(25)4-2)11-6-5-7-12(10-11)23(29)30/h5-10,19H,3-4H2,1-2H3,(H,26,27). The SMILES string of the molecule is CCC(=O)OC1C(=O)Oc2ccc(C(=O)O)c(-c3cccc([N+](=O)[O-])c3)c2N1OC(=O)CC. The zero-order chi connectivity index (χ0) is 24.3. The van der Waals surface area contributed by atoms with E-state index < -0.39 is 35.0 Å². The van der Waals surface area contributed by atoms with Crippen molar-refractivity contribution in [1.82, 2.24) is 0 Å². The summed E-state index contributed by atoms with van der Waals surface area (Å²) in [6, 6.07) is 7.37. The smallest absolute Gasteiger partial charge is 0.377 e. The minimum atomic E-state index is -1.86. The highest BCUT2D eigenvalue weighted by Crippen LogP contribution is 2.45. The molecule has 1 unspecified atom stereocenters. The number of benzene rings is 2. The lowest BCUT2D eigenvalue weighted by molar-refractivity contribution is -0.384. The number of aromatic carboxylic acids is 1. The molecule has 0 amide bonds. The number of carbonyl (C=O) groups excluding carboxylic acids is 3. The highest BCUT2D eigenvalue weighted by molar-refractivity contribution is 6.04. The number of fused-ring (bicyclic) bond motifs is 1. The fourth-order valence-electron chi connectivity index (χ4n) is 3.06. The molecule has 1 aliphatic rings. The summed E-state index contributed by atoms with van der Waals surface area (Å²) in [4.78, 5) is 64.5. The summed E-state index contributed by atoms with van der Waals surface area (Å²) in [7, 11) is 0. The van der Waals surface area contributed by atoms with Crippen LogP contribution in [-0.2, 0) is 24.0 Å². The number of hydroxylamine groups is 1. The lowest BCUT2D eigenvalue weighted by atomic mass is 9.95. The Morgan fingerprint density at radius 2 is 1.85 bits per heavy atom. The Morgan fingerprint density at radius 1 is 1.15 bits per heavy atom. The lowest BCUT2D eigenvalue weighted by Crippen LogP contribution is -2.50. The van der Waals surface area contributed by atoms with Gasteiger partial charge in [-0.3, -0.25) is 14.9 Å². The van der Waals surface area contributed by atoms with E-state index in [-0.39, 0.29) is 46.7 Å². The highest BCUT2D eigenvalue weighted by atomic mass is 16.8. The van der Waals surface area contributed by atoms with Crippen molar-refractivity contribution < 1.29 is 43.5 Å². The molecule has 2 aromatic rings. The molecule has 33 heavy (non-hydrogen) atoms. The topological polar surface area (TPSA) is 163 Å². The molecule has 0 aliphatic carbocycles. The van der Waals surface area contributed by atoms with Gasteiger partial charge in [0.05, 0.1) is 10.5 Å². The Kier molecular flexibility index (Phi) is 6.56. The third-order valence-electron chi connectivity index (χ3n) is 4.58. The van der Waals surface area contributed by atoms with Crippen molar-refractivity contribution in [3.8, 4) is 16.9 Å². The average molecular weight is 458 g/mol. The van der Waals surface area contributed by atoms with Gasteiger partial charge in [0, 0.05) is 30.5 Å². The van der Waals surface area contributed by atoms with Gasteiger partial charge in [-0.1, -0.05) is 26.0 Å². The van der Waals surface area contributed by atoms with E-state index in [9.17, 15) is 34.4 Å². The number of nitro groups is 1. The van der Waals surface area contributed by atoms with Crippen molar-refractivity contribution in [2.24, 2.45) is 0 Å². The number of esters is 2. The minimum absolute atomic E-state index is 0.0644. The molecule has 1 N–H and O–H groups in total. The first kappa shape index (κ1) is 23.2. The zero-order valence-corrected chi connectivity index (χ0v) is 17.5. The molecule has 0 fully saturated rings. The Labute approximate surface area is 186 Å². The Bertz CT molecular complexity index is 1160. The van der Waals surface area contributed by atoms with Crippen molar-refractivity contribution in [3.63, 3.8) is 0 Å². The van der Waals surface area contributed by atoms with E-state index in [0.29, 0.717) is 5.06 Å². The number of nitrogens with zero attached hydrogens (tertiary/aromatic N) is 2. The number of hydrogen-bond acceptors (Lipinski definition) is 10. The van der Waals surface area contributed by atoms with Gasteiger partial charge in [-0.05, 0) is 17.7 Å². The van der Waals surface area contributed by atoms with E-state index in [4.69, 9.17) is 14.3 Å². The van der Waals surface area contributed by atoms with Crippen molar-refractivity contribution in [2.75, 3.05) is 5.06 Å². The summed E-state index contributed by atoms with van der Waals surface area (Å²) in [5, 5.41) is 21.7. The molecule has 12 heteroatoms. The van der Waals surface area contributed by atoms with Gasteiger partial charge in [-0.25, -0.2) is 14.4 Å². The fourth-order valence-corrected chi connectivity index (χ4v) is 3.06. The average Bonchev–Trinajstić information content (AvgIpc) is 2.79. The number of anilines is 1. The van der Waals surface area contributed by atoms with E-state index in [1.165, 1.54) is 38.1 Å². The van der Waals surface area contributed by atoms with Crippen LogP contribution in [0, 0.1) is 10.1 Å². The van der Waals surface area contributed by atoms with Gasteiger partial charge in [0.15, 0.2) is 5.75 Å². The van der Waals surface area contributed by atoms with Gasteiger partial charge in [-0.15, -0.1) is 5.06 Å².